The van der Waals surface area contributed by atoms with Crippen molar-refractivity contribution >= 4 is 0 Å². The molecule has 0 spiro atoms. The van der Waals surface area contributed by atoms with E-state index in [2.05, 4.69) is 15.6 Å². The highest BCUT2D eigenvalue weighted by atomic mass is 15.4. The Morgan fingerprint density at radius 2 is 1.83 bits per heavy atom. The molecule has 4 saturated carbocycles. The first-order valence-electron chi connectivity index (χ1n) is 7.36. The molecule has 0 atom stereocenters. The van der Waals surface area contributed by atoms with Gasteiger partial charge < -0.3 is 5.32 Å². The molecule has 0 radical (unpaired) electrons. The summed E-state index contributed by atoms with van der Waals surface area (Å²) in [6.07, 6.45) is 9.33. The predicted octanol–water partition coefficient (Wildman–Crippen LogP) is 1.73. The van der Waals surface area contributed by atoms with Gasteiger partial charge in [-0.25, -0.2) is 0 Å². The van der Waals surface area contributed by atoms with Crippen LogP contribution in [0.1, 0.15) is 37.8 Å². The van der Waals surface area contributed by atoms with Crippen LogP contribution in [0.4, 0.5) is 0 Å². The van der Waals surface area contributed by atoms with Crippen LogP contribution in [0.25, 0.3) is 0 Å². The number of nitrogens with zero attached hydrogens (tertiary/aromatic N) is 3. The summed E-state index contributed by atoms with van der Waals surface area (Å²) in [7, 11) is 1.97. The first kappa shape index (κ1) is 11.0. The Kier molecular flexibility index (Phi) is 2.47. The van der Waals surface area contributed by atoms with Crippen molar-refractivity contribution in [1.29, 1.82) is 0 Å². The Hall–Kier alpha value is -0.900. The molecule has 0 unspecified atom stereocenters. The van der Waals surface area contributed by atoms with E-state index in [4.69, 9.17) is 0 Å². The van der Waals surface area contributed by atoms with E-state index in [-0.39, 0.29) is 0 Å². The molecule has 4 heteroatoms. The van der Waals surface area contributed by atoms with Crippen LogP contribution in [-0.2, 0) is 13.6 Å². The number of hydrogen-bond donors (Lipinski definition) is 1. The third-order valence-electron chi connectivity index (χ3n) is 5.55. The molecule has 1 heterocycles. The van der Waals surface area contributed by atoms with Crippen LogP contribution in [0.2, 0.25) is 0 Å². The van der Waals surface area contributed by atoms with Gasteiger partial charge in [0.2, 0.25) is 0 Å². The van der Waals surface area contributed by atoms with Gasteiger partial charge in [-0.2, -0.15) is 0 Å². The normalized spacial score (nSPS) is 41.5. The van der Waals surface area contributed by atoms with Gasteiger partial charge in [0.05, 0.1) is 11.9 Å². The lowest BCUT2D eigenvalue weighted by Crippen LogP contribution is -2.54. The summed E-state index contributed by atoms with van der Waals surface area (Å²) in [6, 6.07) is 0.757. The smallest absolute Gasteiger partial charge is 0.0738 e. The second-order valence-electron chi connectivity index (χ2n) is 6.69. The largest absolute Gasteiger partial charge is 0.308 e. The maximum absolute atomic E-state index is 4.00. The SMILES string of the molecule is Cn1nncc1CNC1C2CC3CC(C2)CC1C3. The molecule has 0 amide bonds. The lowest BCUT2D eigenvalue weighted by molar-refractivity contribution is -0.0144. The lowest BCUT2D eigenvalue weighted by atomic mass is 9.54. The Labute approximate surface area is 108 Å². The molecule has 0 aliphatic heterocycles. The van der Waals surface area contributed by atoms with Crippen LogP contribution in [0.5, 0.6) is 0 Å². The van der Waals surface area contributed by atoms with Gasteiger partial charge in [0, 0.05) is 19.6 Å². The maximum atomic E-state index is 4.00. The fraction of sp³-hybridized carbons (Fsp3) is 0.857. The van der Waals surface area contributed by atoms with E-state index in [0.717, 1.165) is 36.3 Å². The van der Waals surface area contributed by atoms with Crippen LogP contribution in [0.3, 0.4) is 0 Å². The first-order chi connectivity index (χ1) is 8.79. The summed E-state index contributed by atoms with van der Waals surface area (Å²) in [5.41, 5.74) is 1.20. The minimum atomic E-state index is 0.757. The van der Waals surface area contributed by atoms with Crippen molar-refractivity contribution in [2.24, 2.45) is 30.7 Å². The lowest BCUT2D eigenvalue weighted by Gasteiger charge is -2.54. The molecule has 4 nitrogen and oxygen atoms in total. The Balaban J connectivity index is 1.45. The van der Waals surface area contributed by atoms with E-state index < -0.39 is 0 Å². The van der Waals surface area contributed by atoms with Gasteiger partial charge >= 0.3 is 0 Å². The van der Waals surface area contributed by atoms with E-state index in [0.29, 0.717) is 0 Å². The summed E-state index contributed by atoms with van der Waals surface area (Å²) in [5.74, 6) is 4.01. The van der Waals surface area contributed by atoms with Gasteiger partial charge in [0.25, 0.3) is 0 Å². The van der Waals surface area contributed by atoms with Crippen LogP contribution < -0.4 is 5.32 Å². The molecule has 0 aromatic carbocycles. The molecular formula is C14H22N4. The standard InChI is InChI=1S/C14H22N4/c1-18-13(8-16-17-18)7-15-14-11-3-9-2-10(5-11)6-12(14)4-9/h8-12,14-15H,2-7H2,1H3. The molecule has 4 bridgehead atoms. The second kappa shape index (κ2) is 4.05. The van der Waals surface area contributed by atoms with Gasteiger partial charge in [-0.1, -0.05) is 5.21 Å². The molecule has 1 N–H and O–H groups in total. The van der Waals surface area contributed by atoms with Crippen molar-refractivity contribution in [3.8, 4) is 0 Å². The quantitative estimate of drug-likeness (QED) is 0.883. The number of aromatic nitrogens is 3. The predicted molar refractivity (Wildman–Crippen MR) is 68.7 cm³/mol. The van der Waals surface area contributed by atoms with Crippen LogP contribution >= 0.6 is 0 Å². The second-order valence-corrected chi connectivity index (χ2v) is 6.69. The number of nitrogens with one attached hydrogen (secondary N) is 1. The van der Waals surface area contributed by atoms with Gasteiger partial charge in [-0.3, -0.25) is 4.68 Å². The number of rotatable bonds is 3. The highest BCUT2D eigenvalue weighted by Crippen LogP contribution is 2.53. The topological polar surface area (TPSA) is 42.7 Å². The Morgan fingerprint density at radius 3 is 2.39 bits per heavy atom. The average molecular weight is 246 g/mol. The fourth-order valence-corrected chi connectivity index (χ4v) is 4.95. The summed E-state index contributed by atoms with van der Waals surface area (Å²) < 4.78 is 1.88. The van der Waals surface area contributed by atoms with Crippen molar-refractivity contribution in [3.05, 3.63) is 11.9 Å². The summed E-state index contributed by atoms with van der Waals surface area (Å²) in [4.78, 5) is 0. The van der Waals surface area contributed by atoms with Crippen LogP contribution in [0, 0.1) is 23.7 Å². The maximum Gasteiger partial charge on any atom is 0.0738 e. The average Bonchev–Trinajstić information content (AvgIpc) is 2.73. The van der Waals surface area contributed by atoms with Crippen LogP contribution in [0.15, 0.2) is 6.20 Å². The van der Waals surface area contributed by atoms with Gasteiger partial charge in [0.1, 0.15) is 0 Å². The van der Waals surface area contributed by atoms with Crippen molar-refractivity contribution in [2.75, 3.05) is 0 Å². The number of aryl methyl sites for hydroxylation is 1. The molecule has 18 heavy (non-hydrogen) atoms. The van der Waals surface area contributed by atoms with Gasteiger partial charge in [-0.05, 0) is 55.8 Å². The third-order valence-corrected chi connectivity index (χ3v) is 5.55. The van der Waals surface area contributed by atoms with E-state index in [1.807, 2.05) is 17.9 Å². The van der Waals surface area contributed by atoms with E-state index in [1.54, 1.807) is 0 Å². The first-order valence-corrected chi connectivity index (χ1v) is 7.36. The monoisotopic (exact) mass is 246 g/mol. The van der Waals surface area contributed by atoms with Gasteiger partial charge in [0.15, 0.2) is 0 Å². The molecule has 4 fully saturated rings. The zero-order valence-electron chi connectivity index (χ0n) is 11.0. The fourth-order valence-electron chi connectivity index (χ4n) is 4.95. The third kappa shape index (κ3) is 1.69. The Morgan fingerprint density at radius 1 is 1.17 bits per heavy atom. The molecular weight excluding hydrogens is 224 g/mol. The molecule has 5 rings (SSSR count). The minimum Gasteiger partial charge on any atom is -0.308 e. The summed E-state index contributed by atoms with van der Waals surface area (Å²) in [6.45, 7) is 0.927. The molecule has 4 aliphatic rings. The van der Waals surface area contributed by atoms with Crippen molar-refractivity contribution in [3.63, 3.8) is 0 Å². The minimum absolute atomic E-state index is 0.757. The van der Waals surface area contributed by atoms with E-state index >= 15 is 0 Å². The molecule has 0 saturated heterocycles. The highest BCUT2D eigenvalue weighted by Gasteiger charge is 2.47. The zero-order chi connectivity index (χ0) is 12.1. The molecule has 1 aromatic rings. The van der Waals surface area contributed by atoms with Crippen molar-refractivity contribution in [1.82, 2.24) is 20.3 Å². The highest BCUT2D eigenvalue weighted by molar-refractivity contribution is 5.02. The van der Waals surface area contributed by atoms with Gasteiger partial charge in [-0.15, -0.1) is 5.10 Å². The summed E-state index contributed by atoms with van der Waals surface area (Å²) >= 11 is 0. The molecule has 1 aromatic heterocycles. The molecule has 4 aliphatic carbocycles. The zero-order valence-corrected chi connectivity index (χ0v) is 11.0. The number of hydrogen-bond acceptors (Lipinski definition) is 3. The van der Waals surface area contributed by atoms with Crippen LogP contribution in [-0.4, -0.2) is 21.0 Å². The molecule has 98 valence electrons. The summed E-state index contributed by atoms with van der Waals surface area (Å²) in [5, 5.41) is 11.8. The van der Waals surface area contributed by atoms with E-state index in [1.165, 1.54) is 37.8 Å². The Bertz CT molecular complexity index is 411. The van der Waals surface area contributed by atoms with Crippen molar-refractivity contribution in [2.45, 2.75) is 44.7 Å². The van der Waals surface area contributed by atoms with Crippen molar-refractivity contribution < 1.29 is 0 Å². The van der Waals surface area contributed by atoms with E-state index in [9.17, 15) is 0 Å².